The molecule has 0 radical (unpaired) electrons. The van der Waals surface area contributed by atoms with E-state index in [1.807, 2.05) is 0 Å². The Balaban J connectivity index is 2.99. The molecule has 0 spiro atoms. The highest BCUT2D eigenvalue weighted by Gasteiger charge is 2.14. The summed E-state index contributed by atoms with van der Waals surface area (Å²) in [4.78, 5) is 0. The highest BCUT2D eigenvalue weighted by atomic mass is 16.3. The van der Waals surface area contributed by atoms with Gasteiger partial charge in [0, 0.05) is 0 Å². The first-order valence-corrected chi connectivity index (χ1v) is 6.02. The number of aryl methyl sites for hydroxylation is 3. The van der Waals surface area contributed by atoms with Gasteiger partial charge in [0.1, 0.15) is 0 Å². The molecular weight excluding hydrogens is 198 g/mol. The Morgan fingerprint density at radius 2 is 1.75 bits per heavy atom. The average molecular weight is 221 g/mol. The van der Waals surface area contributed by atoms with E-state index < -0.39 is 0 Å². The van der Waals surface area contributed by atoms with Gasteiger partial charge in [0.25, 0.3) is 0 Å². The fourth-order valence-corrected chi connectivity index (χ4v) is 2.32. The molecule has 0 aliphatic rings. The first-order valence-electron chi connectivity index (χ1n) is 6.02. The van der Waals surface area contributed by atoms with Crippen LogP contribution in [0.2, 0.25) is 0 Å². The number of hydrogen-bond acceptors (Lipinski definition) is 2. The van der Waals surface area contributed by atoms with Crippen LogP contribution in [0.3, 0.4) is 0 Å². The number of benzene rings is 1. The zero-order chi connectivity index (χ0) is 12.1. The van der Waals surface area contributed by atoms with Crippen molar-refractivity contribution in [2.75, 3.05) is 13.2 Å². The van der Waals surface area contributed by atoms with Crippen LogP contribution in [-0.2, 0) is 0 Å². The van der Waals surface area contributed by atoms with Gasteiger partial charge < -0.3 is 10.4 Å². The second kappa shape index (κ2) is 6.02. The summed E-state index contributed by atoms with van der Waals surface area (Å²) < 4.78 is 0. The third kappa shape index (κ3) is 3.06. The summed E-state index contributed by atoms with van der Waals surface area (Å²) in [6.07, 6.45) is 1.08. The first kappa shape index (κ1) is 13.2. The lowest BCUT2D eigenvalue weighted by atomic mass is 9.94. The standard InChI is InChI=1S/C14H23NO/c1-5-6-15-13(9-16)14-11(3)7-10(2)8-12(14)4/h7-8,13,15-16H,5-6,9H2,1-4H3. The van der Waals surface area contributed by atoms with Gasteiger partial charge in [-0.1, -0.05) is 24.6 Å². The van der Waals surface area contributed by atoms with Gasteiger partial charge >= 0.3 is 0 Å². The fraction of sp³-hybridized carbons (Fsp3) is 0.571. The smallest absolute Gasteiger partial charge is 0.0626 e. The van der Waals surface area contributed by atoms with Crippen LogP contribution in [0.4, 0.5) is 0 Å². The summed E-state index contributed by atoms with van der Waals surface area (Å²) in [7, 11) is 0. The largest absolute Gasteiger partial charge is 0.394 e. The number of rotatable bonds is 5. The van der Waals surface area contributed by atoms with Gasteiger partial charge in [-0.2, -0.15) is 0 Å². The number of aliphatic hydroxyl groups is 1. The zero-order valence-electron chi connectivity index (χ0n) is 10.8. The zero-order valence-corrected chi connectivity index (χ0v) is 10.8. The summed E-state index contributed by atoms with van der Waals surface area (Å²) in [5.41, 5.74) is 5.06. The third-order valence-electron chi connectivity index (χ3n) is 2.91. The fourth-order valence-electron chi connectivity index (χ4n) is 2.32. The van der Waals surface area contributed by atoms with Crippen LogP contribution >= 0.6 is 0 Å². The van der Waals surface area contributed by atoms with Crippen molar-refractivity contribution in [2.45, 2.75) is 40.2 Å². The topological polar surface area (TPSA) is 32.3 Å². The van der Waals surface area contributed by atoms with Crippen molar-refractivity contribution in [1.29, 1.82) is 0 Å². The molecule has 1 atom stereocenters. The lowest BCUT2D eigenvalue weighted by Gasteiger charge is -2.21. The Morgan fingerprint density at radius 3 is 2.19 bits per heavy atom. The van der Waals surface area contributed by atoms with Crippen LogP contribution in [0.5, 0.6) is 0 Å². The van der Waals surface area contributed by atoms with Crippen molar-refractivity contribution in [1.82, 2.24) is 5.32 Å². The van der Waals surface area contributed by atoms with E-state index in [0.29, 0.717) is 0 Å². The van der Waals surface area contributed by atoms with Gasteiger partial charge in [0.05, 0.1) is 12.6 Å². The van der Waals surface area contributed by atoms with E-state index in [9.17, 15) is 5.11 Å². The first-order chi connectivity index (χ1) is 7.60. The van der Waals surface area contributed by atoms with E-state index in [0.717, 1.165) is 13.0 Å². The molecule has 0 aromatic heterocycles. The predicted octanol–water partition coefficient (Wildman–Crippen LogP) is 2.64. The van der Waals surface area contributed by atoms with Gasteiger partial charge in [-0.05, 0) is 50.4 Å². The van der Waals surface area contributed by atoms with E-state index in [1.165, 1.54) is 22.3 Å². The quantitative estimate of drug-likeness (QED) is 0.801. The Morgan fingerprint density at radius 1 is 1.19 bits per heavy atom. The second-order valence-corrected chi connectivity index (χ2v) is 4.50. The molecule has 2 N–H and O–H groups in total. The average Bonchev–Trinajstić information content (AvgIpc) is 2.21. The lowest BCUT2D eigenvalue weighted by molar-refractivity contribution is 0.244. The molecule has 1 aromatic carbocycles. The van der Waals surface area contributed by atoms with Crippen molar-refractivity contribution < 1.29 is 5.11 Å². The van der Waals surface area contributed by atoms with Gasteiger partial charge in [-0.3, -0.25) is 0 Å². The Bertz CT molecular complexity index is 324. The van der Waals surface area contributed by atoms with Crippen molar-refractivity contribution in [2.24, 2.45) is 0 Å². The van der Waals surface area contributed by atoms with Gasteiger partial charge in [0.15, 0.2) is 0 Å². The minimum absolute atomic E-state index is 0.0700. The van der Waals surface area contributed by atoms with Gasteiger partial charge in [0.2, 0.25) is 0 Å². The van der Waals surface area contributed by atoms with Crippen molar-refractivity contribution >= 4 is 0 Å². The molecule has 0 saturated carbocycles. The summed E-state index contributed by atoms with van der Waals surface area (Å²) >= 11 is 0. The normalized spacial score (nSPS) is 12.8. The summed E-state index contributed by atoms with van der Waals surface area (Å²) in [5, 5.41) is 12.8. The van der Waals surface area contributed by atoms with Crippen LogP contribution in [0.25, 0.3) is 0 Å². The van der Waals surface area contributed by atoms with Crippen LogP contribution in [0.15, 0.2) is 12.1 Å². The van der Waals surface area contributed by atoms with E-state index in [2.05, 4.69) is 45.1 Å². The molecule has 1 rings (SSSR count). The molecule has 2 heteroatoms. The molecule has 0 aliphatic carbocycles. The second-order valence-electron chi connectivity index (χ2n) is 4.50. The van der Waals surface area contributed by atoms with Gasteiger partial charge in [-0.15, -0.1) is 0 Å². The minimum Gasteiger partial charge on any atom is -0.394 e. The molecule has 0 saturated heterocycles. The van der Waals surface area contributed by atoms with Crippen LogP contribution in [0, 0.1) is 20.8 Å². The molecule has 1 unspecified atom stereocenters. The third-order valence-corrected chi connectivity index (χ3v) is 2.91. The maximum atomic E-state index is 9.46. The Hall–Kier alpha value is -0.860. The summed E-state index contributed by atoms with van der Waals surface area (Å²) in [5.74, 6) is 0. The SMILES string of the molecule is CCCNC(CO)c1c(C)cc(C)cc1C. The molecule has 0 heterocycles. The lowest BCUT2D eigenvalue weighted by Crippen LogP contribution is -2.26. The molecule has 16 heavy (non-hydrogen) atoms. The maximum absolute atomic E-state index is 9.46. The van der Waals surface area contributed by atoms with Gasteiger partial charge in [-0.25, -0.2) is 0 Å². The summed E-state index contributed by atoms with van der Waals surface area (Å²) in [6.45, 7) is 9.58. The molecule has 90 valence electrons. The van der Waals surface area contributed by atoms with Crippen LogP contribution < -0.4 is 5.32 Å². The molecule has 0 bridgehead atoms. The van der Waals surface area contributed by atoms with Crippen LogP contribution in [-0.4, -0.2) is 18.3 Å². The Kier molecular flexibility index (Phi) is 4.97. The van der Waals surface area contributed by atoms with Crippen molar-refractivity contribution in [3.8, 4) is 0 Å². The minimum atomic E-state index is 0.0700. The Labute approximate surface area is 98.7 Å². The van der Waals surface area contributed by atoms with E-state index in [4.69, 9.17) is 0 Å². The number of aliphatic hydroxyl groups excluding tert-OH is 1. The molecule has 0 fully saturated rings. The summed E-state index contributed by atoms with van der Waals surface area (Å²) in [6, 6.07) is 4.43. The highest BCUT2D eigenvalue weighted by molar-refractivity contribution is 5.39. The molecule has 0 aliphatic heterocycles. The number of nitrogens with one attached hydrogen (secondary N) is 1. The molecule has 0 amide bonds. The molecule has 1 aromatic rings. The van der Waals surface area contributed by atoms with Crippen molar-refractivity contribution in [3.05, 3.63) is 34.4 Å². The van der Waals surface area contributed by atoms with E-state index in [-0.39, 0.29) is 12.6 Å². The maximum Gasteiger partial charge on any atom is 0.0626 e. The molecular formula is C14H23NO. The number of hydrogen-bond donors (Lipinski definition) is 2. The monoisotopic (exact) mass is 221 g/mol. The predicted molar refractivity (Wildman–Crippen MR) is 68.8 cm³/mol. The highest BCUT2D eigenvalue weighted by Crippen LogP contribution is 2.23. The van der Waals surface area contributed by atoms with Crippen molar-refractivity contribution in [3.63, 3.8) is 0 Å². The van der Waals surface area contributed by atoms with E-state index >= 15 is 0 Å². The van der Waals surface area contributed by atoms with Crippen LogP contribution in [0.1, 0.15) is 41.6 Å². The van der Waals surface area contributed by atoms with E-state index in [1.54, 1.807) is 0 Å². The molecule has 2 nitrogen and oxygen atoms in total.